The first kappa shape index (κ1) is 30.8. The average molecular weight is 535 g/mol. The third-order valence-electron chi connectivity index (χ3n) is 7.92. The Bertz CT molecular complexity index is 1340. The molecule has 3 nitrogen and oxygen atoms in total. The van der Waals surface area contributed by atoms with Crippen LogP contribution in [0.25, 0.3) is 0 Å². The number of benzene rings is 3. The van der Waals surface area contributed by atoms with E-state index in [4.69, 9.17) is 4.99 Å². The number of aryl methyl sites for hydroxylation is 3. The predicted molar refractivity (Wildman–Crippen MR) is 173 cm³/mol. The molecule has 0 radical (unpaired) electrons. The largest absolute Gasteiger partial charge is 0.371 e. The zero-order valence-electron chi connectivity index (χ0n) is 24.0. The third-order valence-corrected chi connectivity index (χ3v) is 7.92. The van der Waals surface area contributed by atoms with Crippen molar-refractivity contribution in [3.05, 3.63) is 125 Å². The van der Waals surface area contributed by atoms with Crippen LogP contribution in [-0.4, -0.2) is 24.6 Å². The number of hydrogen-bond donors (Lipinski definition) is 0. The highest BCUT2D eigenvalue weighted by Gasteiger charge is 2.25. The van der Waals surface area contributed by atoms with E-state index in [1.165, 1.54) is 16.8 Å². The smallest absolute Gasteiger partial charge is 0.170 e. The Morgan fingerprint density at radius 1 is 0.925 bits per heavy atom. The molecular formula is C37H46N2O. The summed E-state index contributed by atoms with van der Waals surface area (Å²) in [5, 5.41) is 0. The lowest BCUT2D eigenvalue weighted by Gasteiger charge is -2.34. The number of carbonyl (C=O) groups excluding carboxylic acids is 1. The van der Waals surface area contributed by atoms with Crippen molar-refractivity contribution in [2.45, 2.75) is 66.7 Å². The van der Waals surface area contributed by atoms with Gasteiger partial charge in [-0.3, -0.25) is 9.79 Å². The van der Waals surface area contributed by atoms with Crippen LogP contribution in [-0.2, 0) is 0 Å². The van der Waals surface area contributed by atoms with E-state index in [2.05, 4.69) is 92.6 Å². The third kappa shape index (κ3) is 7.91. The minimum Gasteiger partial charge on any atom is -0.371 e. The quantitative estimate of drug-likeness (QED) is 0.147. The molecule has 3 aromatic rings. The Hall–Kier alpha value is -3.72. The van der Waals surface area contributed by atoms with Crippen molar-refractivity contribution >= 4 is 17.2 Å². The number of para-hydroxylation sites is 1. The normalized spacial score (nSPS) is 14.8. The van der Waals surface area contributed by atoms with Gasteiger partial charge in [-0.1, -0.05) is 97.9 Å². The monoisotopic (exact) mass is 534 g/mol. The van der Waals surface area contributed by atoms with Crippen molar-refractivity contribution < 1.29 is 4.79 Å². The molecule has 0 bridgehead atoms. The molecule has 1 heterocycles. The second kappa shape index (κ2) is 14.1. The Labute approximate surface area is 242 Å². The molecule has 1 atom stereocenters. The van der Waals surface area contributed by atoms with Crippen LogP contribution in [0.5, 0.6) is 0 Å². The van der Waals surface area contributed by atoms with Crippen LogP contribution in [0, 0.1) is 26.7 Å². The minimum absolute atomic E-state index is 0. The van der Waals surface area contributed by atoms with Gasteiger partial charge in [-0.05, 0) is 76.1 Å². The number of Topliss-reactive ketones (excluding diaryl/α,β-unsaturated/α-hetero) is 1. The Balaban J connectivity index is 0.00000441. The molecule has 210 valence electrons. The van der Waals surface area contributed by atoms with E-state index < -0.39 is 0 Å². The van der Waals surface area contributed by atoms with E-state index in [0.29, 0.717) is 18.8 Å². The molecule has 3 aromatic carbocycles. The van der Waals surface area contributed by atoms with Crippen molar-refractivity contribution in [2.24, 2.45) is 10.9 Å². The van der Waals surface area contributed by atoms with Crippen LogP contribution in [0.4, 0.5) is 5.69 Å². The maximum atomic E-state index is 13.8. The average Bonchev–Trinajstić information content (AvgIpc) is 2.92. The standard InChI is InChI=1S/C36H42N2O.CH4/c1-25-12-15-32(16-13-25)35(36(39)34-17-14-26(2)22-28(34)4)24-30(6)37-29(5)23-27(3)31-18-20-38(21-19-31)33-10-8-7-9-11-33;/h7-17,22,31,35H,3,5,18-21,23-24H2,1-2,4,6H3;1H4. The topological polar surface area (TPSA) is 32.7 Å². The van der Waals surface area contributed by atoms with Gasteiger partial charge < -0.3 is 4.90 Å². The molecule has 0 aromatic heterocycles. The van der Waals surface area contributed by atoms with Gasteiger partial charge in [0.1, 0.15) is 0 Å². The fraction of sp³-hybridized carbons (Fsp3) is 0.351. The van der Waals surface area contributed by atoms with E-state index in [0.717, 1.165) is 59.6 Å². The molecule has 0 amide bonds. The van der Waals surface area contributed by atoms with E-state index >= 15 is 0 Å². The molecule has 1 fully saturated rings. The molecule has 3 heteroatoms. The number of hydrogen-bond acceptors (Lipinski definition) is 3. The molecule has 1 aliphatic rings. The summed E-state index contributed by atoms with van der Waals surface area (Å²) in [5.74, 6) is 0.351. The first-order valence-electron chi connectivity index (χ1n) is 14.1. The zero-order valence-corrected chi connectivity index (χ0v) is 24.0. The van der Waals surface area contributed by atoms with Crippen molar-refractivity contribution in [3.8, 4) is 0 Å². The van der Waals surface area contributed by atoms with Gasteiger partial charge in [0.25, 0.3) is 0 Å². The summed E-state index contributed by atoms with van der Waals surface area (Å²) in [6, 6.07) is 25.0. The minimum atomic E-state index is -0.283. The van der Waals surface area contributed by atoms with Crippen molar-refractivity contribution in [2.75, 3.05) is 18.0 Å². The van der Waals surface area contributed by atoms with Gasteiger partial charge in [-0.2, -0.15) is 0 Å². The Morgan fingerprint density at radius 2 is 1.55 bits per heavy atom. The lowest BCUT2D eigenvalue weighted by atomic mass is 9.84. The van der Waals surface area contributed by atoms with Crippen LogP contribution >= 0.6 is 0 Å². The molecule has 0 saturated carbocycles. The molecule has 0 N–H and O–H groups in total. The number of ketones is 1. The summed E-state index contributed by atoms with van der Waals surface area (Å²) in [6.45, 7) is 18.9. The van der Waals surface area contributed by atoms with Crippen LogP contribution < -0.4 is 4.90 Å². The lowest BCUT2D eigenvalue weighted by Crippen LogP contribution is -2.34. The maximum absolute atomic E-state index is 13.8. The van der Waals surface area contributed by atoms with E-state index in [9.17, 15) is 4.79 Å². The van der Waals surface area contributed by atoms with Gasteiger partial charge in [-0.25, -0.2) is 0 Å². The van der Waals surface area contributed by atoms with Crippen LogP contribution in [0.2, 0.25) is 0 Å². The number of nitrogens with zero attached hydrogens (tertiary/aromatic N) is 2. The van der Waals surface area contributed by atoms with E-state index in [1.807, 2.05) is 26.0 Å². The van der Waals surface area contributed by atoms with Gasteiger partial charge in [0.15, 0.2) is 5.78 Å². The number of anilines is 1. The lowest BCUT2D eigenvalue weighted by molar-refractivity contribution is 0.0961. The van der Waals surface area contributed by atoms with E-state index in [1.54, 1.807) is 0 Å². The second-order valence-corrected chi connectivity index (χ2v) is 11.2. The van der Waals surface area contributed by atoms with Gasteiger partial charge in [-0.15, -0.1) is 0 Å². The van der Waals surface area contributed by atoms with Crippen molar-refractivity contribution in [3.63, 3.8) is 0 Å². The van der Waals surface area contributed by atoms with Gasteiger partial charge in [0.2, 0.25) is 0 Å². The second-order valence-electron chi connectivity index (χ2n) is 11.2. The predicted octanol–water partition coefficient (Wildman–Crippen LogP) is 9.44. The van der Waals surface area contributed by atoms with E-state index in [-0.39, 0.29) is 19.1 Å². The van der Waals surface area contributed by atoms with Crippen molar-refractivity contribution in [1.29, 1.82) is 0 Å². The number of allylic oxidation sites excluding steroid dienone is 1. The zero-order chi connectivity index (χ0) is 27.9. The fourth-order valence-electron chi connectivity index (χ4n) is 5.68. The van der Waals surface area contributed by atoms with Crippen LogP contribution in [0.3, 0.4) is 0 Å². The fourth-order valence-corrected chi connectivity index (χ4v) is 5.68. The number of carbonyl (C=O) groups is 1. The molecule has 4 rings (SSSR count). The molecule has 1 aliphatic heterocycles. The number of aliphatic imine (C=N–C) groups is 1. The van der Waals surface area contributed by atoms with Crippen LogP contribution in [0.15, 0.2) is 102 Å². The summed E-state index contributed by atoms with van der Waals surface area (Å²) in [5.41, 5.74) is 9.44. The molecule has 0 spiro atoms. The highest BCUT2D eigenvalue weighted by Crippen LogP contribution is 2.31. The summed E-state index contributed by atoms with van der Waals surface area (Å²) in [6.07, 6.45) is 3.47. The summed E-state index contributed by atoms with van der Waals surface area (Å²) < 4.78 is 0. The van der Waals surface area contributed by atoms with Crippen molar-refractivity contribution in [1.82, 2.24) is 0 Å². The first-order valence-corrected chi connectivity index (χ1v) is 14.1. The number of rotatable bonds is 10. The van der Waals surface area contributed by atoms with Gasteiger partial charge in [0.05, 0.1) is 5.92 Å². The van der Waals surface area contributed by atoms with Gasteiger partial charge >= 0.3 is 0 Å². The van der Waals surface area contributed by atoms with Gasteiger partial charge in [0, 0.05) is 42.2 Å². The number of piperidine rings is 1. The molecule has 1 unspecified atom stereocenters. The van der Waals surface area contributed by atoms with Crippen LogP contribution in [0.1, 0.15) is 78.6 Å². The summed E-state index contributed by atoms with van der Waals surface area (Å²) >= 11 is 0. The SMILES string of the molecule is C.C=C(CC(=C)C1CCN(c2ccccc2)CC1)N=C(C)CC(C(=O)c1ccc(C)cc1C)c1ccc(C)cc1. The Morgan fingerprint density at radius 3 is 2.17 bits per heavy atom. The summed E-state index contributed by atoms with van der Waals surface area (Å²) in [7, 11) is 0. The highest BCUT2D eigenvalue weighted by atomic mass is 16.1. The Kier molecular flexibility index (Phi) is 10.8. The summed E-state index contributed by atoms with van der Waals surface area (Å²) in [4.78, 5) is 21.1. The maximum Gasteiger partial charge on any atom is 0.170 e. The highest BCUT2D eigenvalue weighted by molar-refractivity contribution is 6.04. The molecular weight excluding hydrogens is 488 g/mol. The molecule has 1 saturated heterocycles. The molecule has 0 aliphatic carbocycles. The first-order chi connectivity index (χ1) is 18.7. The molecule has 40 heavy (non-hydrogen) atoms.